The van der Waals surface area contributed by atoms with Gasteiger partial charge in [0.15, 0.2) is 0 Å². The van der Waals surface area contributed by atoms with Crippen LogP contribution in [0.25, 0.3) is 22.3 Å². The molecule has 0 aliphatic heterocycles. The molecule has 0 bridgehead atoms. The van der Waals surface area contributed by atoms with E-state index in [1.807, 2.05) is 0 Å². The van der Waals surface area contributed by atoms with Crippen LogP contribution in [0.15, 0.2) is 45.3 Å². The second-order valence-corrected chi connectivity index (χ2v) is 9.14. The van der Waals surface area contributed by atoms with E-state index in [2.05, 4.69) is 21.2 Å². The first-order chi connectivity index (χ1) is 14.0. The molecule has 6 nitrogen and oxygen atoms in total. The number of carbonyl (C=O) groups is 1. The first kappa shape index (κ1) is 22.2. The van der Waals surface area contributed by atoms with Crippen LogP contribution >= 0.6 is 15.9 Å². The van der Waals surface area contributed by atoms with Crippen molar-refractivity contribution in [3.8, 4) is 11.3 Å². The smallest absolute Gasteiger partial charge is 0.257 e. The minimum atomic E-state index is -4.02. The summed E-state index contributed by atoms with van der Waals surface area (Å²) in [7, 11) is -2.60. The molecule has 11 heteroatoms. The minimum absolute atomic E-state index is 0.0619. The number of carbonyl (C=O) groups excluding carboxylic acids is 1. The predicted molar refractivity (Wildman–Crippen MR) is 111 cm³/mol. The first-order valence-corrected chi connectivity index (χ1v) is 11.2. The van der Waals surface area contributed by atoms with E-state index in [0.717, 1.165) is 6.26 Å². The van der Waals surface area contributed by atoms with Crippen LogP contribution in [-0.2, 0) is 10.0 Å². The monoisotopic (exact) mass is 504 g/mol. The van der Waals surface area contributed by atoms with Gasteiger partial charge in [0.2, 0.25) is 10.0 Å². The normalized spacial score (nSPS) is 11.8. The van der Waals surface area contributed by atoms with Crippen LogP contribution < -0.4 is 9.62 Å². The lowest BCUT2D eigenvalue weighted by molar-refractivity contribution is 0.0964. The van der Waals surface area contributed by atoms with Gasteiger partial charge in [0, 0.05) is 28.5 Å². The molecule has 0 fully saturated rings. The summed E-state index contributed by atoms with van der Waals surface area (Å²) in [5.41, 5.74) is 0.602. The largest absolute Gasteiger partial charge is 0.455 e. The Bertz CT molecular complexity index is 1210. The number of nitrogens with zero attached hydrogens (tertiary/aromatic N) is 1. The zero-order valence-corrected chi connectivity index (χ0v) is 18.2. The molecule has 0 spiro atoms. The summed E-state index contributed by atoms with van der Waals surface area (Å²) in [6.45, 7) is -1.04. The Hall–Kier alpha value is -2.53. The fourth-order valence-corrected chi connectivity index (χ4v) is 4.56. The van der Waals surface area contributed by atoms with Gasteiger partial charge in [-0.15, -0.1) is 0 Å². The molecular weight excluding hydrogens is 489 g/mol. The Labute approximate surface area is 178 Å². The number of hydrogen-bond acceptors (Lipinski definition) is 4. The Kier molecular flexibility index (Phi) is 6.14. The molecule has 0 radical (unpaired) electrons. The molecule has 1 heterocycles. The second-order valence-electron chi connectivity index (χ2n) is 6.38. The number of rotatable bonds is 6. The van der Waals surface area contributed by atoms with Gasteiger partial charge in [0.1, 0.15) is 17.2 Å². The number of anilines is 1. The molecular formula is C19H16BrF3N2O4S. The van der Waals surface area contributed by atoms with Gasteiger partial charge >= 0.3 is 0 Å². The van der Waals surface area contributed by atoms with Crippen molar-refractivity contribution in [2.45, 2.75) is 6.43 Å². The average Bonchev–Trinajstić information content (AvgIpc) is 3.02. The number of fused-ring (bicyclic) bond motifs is 1. The van der Waals surface area contributed by atoms with Gasteiger partial charge in [0.05, 0.1) is 24.1 Å². The van der Waals surface area contributed by atoms with Gasteiger partial charge in [-0.2, -0.15) is 0 Å². The summed E-state index contributed by atoms with van der Waals surface area (Å²) in [6.07, 6.45) is -2.09. The van der Waals surface area contributed by atoms with Crippen LogP contribution in [0.3, 0.4) is 0 Å². The van der Waals surface area contributed by atoms with Crippen molar-refractivity contribution in [3.05, 3.63) is 52.3 Å². The van der Waals surface area contributed by atoms with Crippen molar-refractivity contribution in [1.82, 2.24) is 5.32 Å². The van der Waals surface area contributed by atoms with Crippen LogP contribution in [0.5, 0.6) is 0 Å². The number of alkyl halides is 2. The van der Waals surface area contributed by atoms with E-state index in [-0.39, 0.29) is 27.1 Å². The molecule has 0 saturated carbocycles. The van der Waals surface area contributed by atoms with Crippen molar-refractivity contribution in [2.24, 2.45) is 0 Å². The number of halogens is 4. The lowest BCUT2D eigenvalue weighted by Crippen LogP contribution is -2.34. The number of sulfonamides is 1. The zero-order chi connectivity index (χ0) is 22.2. The van der Waals surface area contributed by atoms with Crippen molar-refractivity contribution in [2.75, 3.05) is 24.2 Å². The van der Waals surface area contributed by atoms with Crippen molar-refractivity contribution >= 4 is 48.5 Å². The van der Waals surface area contributed by atoms with E-state index in [4.69, 9.17) is 4.42 Å². The van der Waals surface area contributed by atoms with Crippen LogP contribution in [0.2, 0.25) is 0 Å². The molecule has 1 aromatic heterocycles. The summed E-state index contributed by atoms with van der Waals surface area (Å²) >= 11 is 3.21. The molecule has 30 heavy (non-hydrogen) atoms. The van der Waals surface area contributed by atoms with Crippen molar-refractivity contribution in [1.29, 1.82) is 0 Å². The van der Waals surface area contributed by atoms with Crippen molar-refractivity contribution < 1.29 is 30.8 Å². The molecule has 160 valence electrons. The molecule has 0 unspecified atom stereocenters. The summed E-state index contributed by atoms with van der Waals surface area (Å²) in [6, 6.07) is 7.94. The number of nitrogens with one attached hydrogen (secondary N) is 1. The lowest BCUT2D eigenvalue weighted by atomic mass is 10.0. The van der Waals surface area contributed by atoms with Gasteiger partial charge in [0.25, 0.3) is 12.3 Å². The topological polar surface area (TPSA) is 79.6 Å². The highest BCUT2D eigenvalue weighted by Gasteiger charge is 2.27. The Morgan fingerprint density at radius 3 is 2.40 bits per heavy atom. The minimum Gasteiger partial charge on any atom is -0.455 e. The Balaban J connectivity index is 2.28. The third-order valence-corrected chi connectivity index (χ3v) is 6.07. The summed E-state index contributed by atoms with van der Waals surface area (Å²) in [4.78, 5) is 12.5. The predicted octanol–water partition coefficient (Wildman–Crippen LogP) is 4.39. The quantitative estimate of drug-likeness (QED) is 0.539. The Morgan fingerprint density at radius 1 is 1.23 bits per heavy atom. The fraction of sp³-hybridized carbons (Fsp3) is 0.211. The summed E-state index contributed by atoms with van der Waals surface area (Å²) in [5, 5.41) is 2.82. The maximum atomic E-state index is 13.3. The van der Waals surface area contributed by atoms with Crippen LogP contribution in [-0.4, -0.2) is 40.6 Å². The molecule has 3 rings (SSSR count). The molecule has 0 aliphatic carbocycles. The van der Waals surface area contributed by atoms with Gasteiger partial charge in [-0.3, -0.25) is 9.10 Å². The van der Waals surface area contributed by atoms with Crippen LogP contribution in [0.1, 0.15) is 10.4 Å². The number of hydrogen-bond donors (Lipinski definition) is 1. The maximum Gasteiger partial charge on any atom is 0.257 e. The molecule has 0 saturated heterocycles. The first-order valence-electron chi connectivity index (χ1n) is 8.53. The zero-order valence-electron chi connectivity index (χ0n) is 15.7. The third kappa shape index (κ3) is 4.31. The highest BCUT2D eigenvalue weighted by molar-refractivity contribution is 9.10. The SMILES string of the molecule is CNC(=O)c1c(-c2ccc(F)cc2)oc2cc(N(CC(F)F)S(C)(=O)=O)c(Br)cc12. The van der Waals surface area contributed by atoms with E-state index < -0.39 is 34.7 Å². The fourth-order valence-electron chi connectivity index (χ4n) is 2.99. The molecule has 2 aromatic carbocycles. The average molecular weight is 505 g/mol. The number of amides is 1. The van der Waals surface area contributed by atoms with Gasteiger partial charge in [-0.1, -0.05) is 0 Å². The molecule has 0 atom stereocenters. The van der Waals surface area contributed by atoms with Crippen LogP contribution in [0.4, 0.5) is 18.9 Å². The summed E-state index contributed by atoms with van der Waals surface area (Å²) < 4.78 is 70.0. The van der Waals surface area contributed by atoms with E-state index >= 15 is 0 Å². The maximum absolute atomic E-state index is 13.3. The third-order valence-electron chi connectivity index (χ3n) is 4.29. The van der Waals surface area contributed by atoms with E-state index in [9.17, 15) is 26.4 Å². The number of furan rings is 1. The van der Waals surface area contributed by atoms with E-state index in [1.165, 1.54) is 43.4 Å². The molecule has 3 aromatic rings. The second kappa shape index (κ2) is 8.31. The standard InChI is InChI=1S/C19H16BrF3N2O4S/c1-24-19(26)17-12-7-13(20)14(25(9-16(22)23)30(2,27)28)8-15(12)29-18(17)10-3-5-11(21)6-4-10/h3-8,16H,9H2,1-2H3,(H,24,26). The van der Waals surface area contributed by atoms with E-state index in [1.54, 1.807) is 0 Å². The molecule has 1 amide bonds. The van der Waals surface area contributed by atoms with Gasteiger partial charge in [-0.25, -0.2) is 21.6 Å². The van der Waals surface area contributed by atoms with Crippen molar-refractivity contribution in [3.63, 3.8) is 0 Å². The number of benzene rings is 2. The molecule has 1 N–H and O–H groups in total. The lowest BCUT2D eigenvalue weighted by Gasteiger charge is -2.23. The highest BCUT2D eigenvalue weighted by atomic mass is 79.9. The van der Waals surface area contributed by atoms with E-state index in [0.29, 0.717) is 15.3 Å². The Morgan fingerprint density at radius 2 is 1.87 bits per heavy atom. The van der Waals surface area contributed by atoms with Gasteiger partial charge < -0.3 is 9.73 Å². The van der Waals surface area contributed by atoms with Crippen LogP contribution in [0, 0.1) is 5.82 Å². The highest BCUT2D eigenvalue weighted by Crippen LogP contribution is 2.40. The van der Waals surface area contributed by atoms with Gasteiger partial charge in [-0.05, 0) is 46.3 Å². The molecule has 0 aliphatic rings. The summed E-state index contributed by atoms with van der Waals surface area (Å²) in [5.74, 6) is -0.828.